The number of nitrogens with zero attached hydrogens (tertiary/aromatic N) is 1. The van der Waals surface area contributed by atoms with Gasteiger partial charge in [0.1, 0.15) is 5.60 Å². The van der Waals surface area contributed by atoms with Crippen molar-refractivity contribution >= 4 is 12.1 Å². The number of aliphatic imine (C=N–C) groups is 1. The first kappa shape index (κ1) is 22.5. The fraction of sp³-hybridized carbons (Fsp3) is 0.882. The summed E-state index contributed by atoms with van der Waals surface area (Å²) in [6.45, 7) is 13.9. The first-order chi connectivity index (χ1) is 11.4. The number of hydrogen-bond donors (Lipinski definition) is 3. The summed E-state index contributed by atoms with van der Waals surface area (Å²) in [7, 11) is 0. The standard InChI is InChI=1S/C17H36N4O3/c1-6-8-13-23-14-12-20-15(18-7-2)19-10-9-11-21-16(22)24-17(3,4)5/h6-14H2,1-5H3,(H,21,22)(H2,18,19,20). The van der Waals surface area contributed by atoms with E-state index in [1.807, 2.05) is 27.7 Å². The number of carbonyl (C=O) groups excluding carboxylic acids is 1. The van der Waals surface area contributed by atoms with Crippen LogP contribution in [0, 0.1) is 0 Å². The van der Waals surface area contributed by atoms with Crippen LogP contribution in [0.5, 0.6) is 0 Å². The number of hydrogen-bond acceptors (Lipinski definition) is 4. The number of carbonyl (C=O) groups is 1. The second kappa shape index (κ2) is 13.9. The molecule has 0 fully saturated rings. The molecule has 0 bridgehead atoms. The molecule has 0 heterocycles. The van der Waals surface area contributed by atoms with E-state index in [1.54, 1.807) is 0 Å². The number of amides is 1. The van der Waals surface area contributed by atoms with Crippen LogP contribution in [0.2, 0.25) is 0 Å². The lowest BCUT2D eigenvalue weighted by atomic mass is 10.2. The first-order valence-electron chi connectivity index (χ1n) is 8.95. The molecule has 0 aliphatic heterocycles. The molecule has 0 aliphatic carbocycles. The maximum absolute atomic E-state index is 11.5. The Kier molecular flexibility index (Phi) is 13.0. The normalized spacial score (nSPS) is 12.0. The van der Waals surface area contributed by atoms with Gasteiger partial charge < -0.3 is 25.4 Å². The van der Waals surface area contributed by atoms with Crippen molar-refractivity contribution in [3.63, 3.8) is 0 Å². The topological polar surface area (TPSA) is 84.0 Å². The summed E-state index contributed by atoms with van der Waals surface area (Å²) in [4.78, 5) is 16.0. The maximum atomic E-state index is 11.5. The van der Waals surface area contributed by atoms with Crippen LogP contribution in [0.15, 0.2) is 4.99 Å². The van der Waals surface area contributed by atoms with E-state index in [-0.39, 0.29) is 6.09 Å². The van der Waals surface area contributed by atoms with Crippen LogP contribution >= 0.6 is 0 Å². The minimum absolute atomic E-state index is 0.388. The van der Waals surface area contributed by atoms with Gasteiger partial charge in [-0.1, -0.05) is 13.3 Å². The van der Waals surface area contributed by atoms with Crippen LogP contribution in [0.3, 0.4) is 0 Å². The highest BCUT2D eigenvalue weighted by Gasteiger charge is 2.15. The van der Waals surface area contributed by atoms with E-state index in [2.05, 4.69) is 27.9 Å². The van der Waals surface area contributed by atoms with Crippen molar-refractivity contribution in [1.29, 1.82) is 0 Å². The molecule has 0 atom stereocenters. The molecule has 0 aromatic heterocycles. The summed E-state index contributed by atoms with van der Waals surface area (Å²) in [5.41, 5.74) is -0.469. The van der Waals surface area contributed by atoms with Gasteiger partial charge in [-0.05, 0) is 40.5 Å². The average molecular weight is 345 g/mol. The predicted octanol–water partition coefficient (Wildman–Crippen LogP) is 2.27. The van der Waals surface area contributed by atoms with Gasteiger partial charge in [-0.15, -0.1) is 0 Å². The third kappa shape index (κ3) is 15.4. The van der Waals surface area contributed by atoms with Crippen LogP contribution in [-0.2, 0) is 9.47 Å². The zero-order chi connectivity index (χ0) is 18.3. The van der Waals surface area contributed by atoms with Crippen molar-refractivity contribution in [2.24, 2.45) is 4.99 Å². The molecule has 0 rings (SSSR count). The molecule has 0 spiro atoms. The van der Waals surface area contributed by atoms with Crippen LogP contribution < -0.4 is 16.0 Å². The van der Waals surface area contributed by atoms with E-state index >= 15 is 0 Å². The molecule has 1 amide bonds. The van der Waals surface area contributed by atoms with Gasteiger partial charge in [-0.25, -0.2) is 4.79 Å². The maximum Gasteiger partial charge on any atom is 0.407 e. The van der Waals surface area contributed by atoms with E-state index in [0.717, 1.165) is 44.9 Å². The van der Waals surface area contributed by atoms with E-state index < -0.39 is 5.60 Å². The summed E-state index contributed by atoms with van der Waals surface area (Å²) in [6, 6.07) is 0. The lowest BCUT2D eigenvalue weighted by Gasteiger charge is -2.19. The summed E-state index contributed by atoms with van der Waals surface area (Å²) in [6.07, 6.45) is 2.61. The monoisotopic (exact) mass is 344 g/mol. The third-order valence-corrected chi connectivity index (χ3v) is 2.80. The third-order valence-electron chi connectivity index (χ3n) is 2.80. The van der Waals surface area contributed by atoms with Crippen LogP contribution in [0.25, 0.3) is 0 Å². The number of rotatable bonds is 11. The quantitative estimate of drug-likeness (QED) is 0.304. The lowest BCUT2D eigenvalue weighted by molar-refractivity contribution is 0.0527. The number of ether oxygens (including phenoxy) is 2. The van der Waals surface area contributed by atoms with Crippen LogP contribution in [0.1, 0.15) is 53.9 Å². The van der Waals surface area contributed by atoms with Crippen LogP contribution in [0.4, 0.5) is 4.79 Å². The second-order valence-corrected chi connectivity index (χ2v) is 6.44. The molecule has 24 heavy (non-hydrogen) atoms. The van der Waals surface area contributed by atoms with Crippen molar-refractivity contribution in [2.75, 3.05) is 39.4 Å². The van der Waals surface area contributed by atoms with Crippen molar-refractivity contribution < 1.29 is 14.3 Å². The highest BCUT2D eigenvalue weighted by atomic mass is 16.6. The minimum atomic E-state index is -0.469. The number of nitrogens with one attached hydrogen (secondary N) is 3. The van der Waals surface area contributed by atoms with E-state index in [9.17, 15) is 4.79 Å². The molecule has 7 heteroatoms. The molecular formula is C17H36N4O3. The van der Waals surface area contributed by atoms with Gasteiger partial charge >= 0.3 is 6.09 Å². The molecule has 0 radical (unpaired) electrons. The fourth-order valence-corrected chi connectivity index (χ4v) is 1.71. The van der Waals surface area contributed by atoms with Crippen molar-refractivity contribution in [3.05, 3.63) is 0 Å². The van der Waals surface area contributed by atoms with E-state index in [0.29, 0.717) is 19.7 Å². The lowest BCUT2D eigenvalue weighted by Crippen LogP contribution is -2.39. The average Bonchev–Trinajstić information content (AvgIpc) is 2.48. The largest absolute Gasteiger partial charge is 0.444 e. The Morgan fingerprint density at radius 2 is 1.75 bits per heavy atom. The van der Waals surface area contributed by atoms with Crippen LogP contribution in [-0.4, -0.2) is 57.0 Å². The Morgan fingerprint density at radius 3 is 2.38 bits per heavy atom. The highest BCUT2D eigenvalue weighted by Crippen LogP contribution is 2.06. The predicted molar refractivity (Wildman–Crippen MR) is 98.6 cm³/mol. The Bertz CT molecular complexity index is 354. The van der Waals surface area contributed by atoms with Gasteiger partial charge in [0.2, 0.25) is 0 Å². The molecule has 142 valence electrons. The highest BCUT2D eigenvalue weighted by molar-refractivity contribution is 5.79. The number of guanidine groups is 1. The molecule has 0 aliphatic rings. The van der Waals surface area contributed by atoms with Gasteiger partial charge in [-0.3, -0.25) is 4.99 Å². The first-order valence-corrected chi connectivity index (χ1v) is 8.95. The van der Waals surface area contributed by atoms with E-state index in [4.69, 9.17) is 9.47 Å². The molecule has 3 N–H and O–H groups in total. The number of unbranched alkanes of at least 4 members (excludes halogenated alkanes) is 1. The van der Waals surface area contributed by atoms with Gasteiger partial charge in [0.05, 0.1) is 6.61 Å². The van der Waals surface area contributed by atoms with Crippen molar-refractivity contribution in [3.8, 4) is 0 Å². The minimum Gasteiger partial charge on any atom is -0.444 e. The Hall–Kier alpha value is -1.50. The number of alkyl carbamates (subject to hydrolysis) is 1. The molecule has 0 aromatic rings. The summed E-state index contributed by atoms with van der Waals surface area (Å²) in [5, 5.41) is 9.14. The zero-order valence-electron chi connectivity index (χ0n) is 16.0. The smallest absolute Gasteiger partial charge is 0.407 e. The molecule has 7 nitrogen and oxygen atoms in total. The molecule has 0 saturated heterocycles. The van der Waals surface area contributed by atoms with Crippen molar-refractivity contribution in [2.45, 2.75) is 59.5 Å². The Labute approximate surface area is 147 Å². The summed E-state index contributed by atoms with van der Waals surface area (Å²) < 4.78 is 10.7. The van der Waals surface area contributed by atoms with Gasteiger partial charge in [0.15, 0.2) is 5.96 Å². The van der Waals surface area contributed by atoms with Gasteiger partial charge in [0.25, 0.3) is 0 Å². The fourth-order valence-electron chi connectivity index (χ4n) is 1.71. The SMILES string of the molecule is CCCCOCCNC(=NCCCNC(=O)OC(C)(C)C)NCC. The molecule has 0 unspecified atom stereocenters. The Balaban J connectivity index is 3.85. The molecular weight excluding hydrogens is 308 g/mol. The molecule has 0 saturated carbocycles. The zero-order valence-corrected chi connectivity index (χ0v) is 16.0. The molecule has 0 aromatic carbocycles. The van der Waals surface area contributed by atoms with Crippen molar-refractivity contribution in [1.82, 2.24) is 16.0 Å². The summed E-state index contributed by atoms with van der Waals surface area (Å²) >= 11 is 0. The van der Waals surface area contributed by atoms with Gasteiger partial charge in [0, 0.05) is 32.8 Å². The second-order valence-electron chi connectivity index (χ2n) is 6.44. The summed E-state index contributed by atoms with van der Waals surface area (Å²) in [5.74, 6) is 0.772. The Morgan fingerprint density at radius 1 is 1.00 bits per heavy atom. The van der Waals surface area contributed by atoms with E-state index in [1.165, 1.54) is 0 Å². The van der Waals surface area contributed by atoms with Gasteiger partial charge in [-0.2, -0.15) is 0 Å².